The van der Waals surface area contributed by atoms with Crippen LogP contribution in [0.3, 0.4) is 0 Å². The van der Waals surface area contributed by atoms with E-state index < -0.39 is 47.4 Å². The highest BCUT2D eigenvalue weighted by atomic mass is 16.5. The number of carbonyl (C=O) groups excluding carboxylic acids is 3. The molecule has 236 valence electrons. The van der Waals surface area contributed by atoms with Gasteiger partial charge in [0.05, 0.1) is 12.6 Å². The Bertz CT molecular complexity index is 1660. The molecule has 7 rings (SSSR count). The number of guanidine groups is 2. The predicted molar refractivity (Wildman–Crippen MR) is 165 cm³/mol. The molecule has 14 nitrogen and oxygen atoms in total. The molecule has 4 amide bonds. The van der Waals surface area contributed by atoms with Gasteiger partial charge in [-0.1, -0.05) is 44.2 Å². The van der Waals surface area contributed by atoms with Gasteiger partial charge in [-0.05, 0) is 54.0 Å². The molecule has 8 N–H and O–H groups in total. The van der Waals surface area contributed by atoms with Crippen LogP contribution in [0.1, 0.15) is 48.2 Å². The van der Waals surface area contributed by atoms with Crippen LogP contribution in [-0.2, 0) is 16.6 Å². The van der Waals surface area contributed by atoms with E-state index in [-0.39, 0.29) is 37.0 Å². The Balaban J connectivity index is 1.17. The maximum Gasteiger partial charge on any atom is 0.331 e. The van der Waals surface area contributed by atoms with E-state index in [0.29, 0.717) is 11.3 Å². The molecule has 0 saturated carbocycles. The summed E-state index contributed by atoms with van der Waals surface area (Å²) >= 11 is 0. The van der Waals surface area contributed by atoms with Gasteiger partial charge >= 0.3 is 6.03 Å². The fraction of sp³-hybridized carbons (Fsp3) is 0.452. The van der Waals surface area contributed by atoms with Crippen molar-refractivity contribution in [2.24, 2.45) is 21.5 Å². The highest BCUT2D eigenvalue weighted by molar-refractivity contribution is 6.12. The second kappa shape index (κ2) is 9.91. The first-order valence-corrected chi connectivity index (χ1v) is 15.1. The number of nitrogens with one attached hydrogen (secondary N) is 2. The lowest BCUT2D eigenvalue weighted by Crippen LogP contribution is -2.78. The van der Waals surface area contributed by atoms with Gasteiger partial charge in [-0.15, -0.1) is 0 Å². The van der Waals surface area contributed by atoms with E-state index in [1.54, 1.807) is 30.3 Å². The summed E-state index contributed by atoms with van der Waals surface area (Å²) in [6.45, 7) is 3.82. The molecular weight excluding hydrogens is 578 g/mol. The van der Waals surface area contributed by atoms with Crippen LogP contribution in [0.25, 0.3) is 0 Å². The van der Waals surface area contributed by atoms with Gasteiger partial charge in [0.25, 0.3) is 11.8 Å². The van der Waals surface area contributed by atoms with Crippen LogP contribution >= 0.6 is 0 Å². The van der Waals surface area contributed by atoms with Gasteiger partial charge in [-0.3, -0.25) is 19.4 Å². The van der Waals surface area contributed by atoms with Crippen molar-refractivity contribution >= 4 is 35.5 Å². The van der Waals surface area contributed by atoms with Crippen LogP contribution in [0.5, 0.6) is 0 Å². The minimum Gasteiger partial charge on any atom is -0.370 e. The number of hydrogen-bond donors (Lipinski definition) is 6. The summed E-state index contributed by atoms with van der Waals surface area (Å²) in [6.07, 6.45) is 2.70. The lowest BCUT2D eigenvalue weighted by atomic mass is 9.71. The molecule has 1 spiro atoms. The quantitative estimate of drug-likeness (QED) is 0.190. The standard InChI is InChI=1S/C31H37N9O5/c1-29(2)13-7-11-18-19(10-6-12-20(18)29)25(42)35-22-15-40-27(33)34-21(24-30(40,31(22,44)45)37-26(32)36-24)14-39-23(41)16-38(28(39)43)17-8-4-3-5-9-17/h3-6,8-10,12,21-22,24,44-45H,7,11,13-16H2,1-2H3,(H2,33,34)(H,35,42)(H3,32,36,37)/t21-,22-,24-,30-/m0/s1. The number of aliphatic imine (C=N–C) groups is 2. The predicted octanol–water partition coefficient (Wildman–Crippen LogP) is -0.456. The number of carbonyl (C=O) groups is 3. The zero-order valence-electron chi connectivity index (χ0n) is 25.1. The second-order valence-electron chi connectivity index (χ2n) is 13.0. The summed E-state index contributed by atoms with van der Waals surface area (Å²) < 4.78 is 0. The summed E-state index contributed by atoms with van der Waals surface area (Å²) in [5.74, 6) is -3.70. The number of fused-ring (bicyclic) bond motifs is 1. The highest BCUT2D eigenvalue weighted by Gasteiger charge is 2.73. The maximum atomic E-state index is 13.8. The Morgan fingerprint density at radius 2 is 1.84 bits per heavy atom. The smallest absolute Gasteiger partial charge is 0.331 e. The van der Waals surface area contributed by atoms with Gasteiger partial charge in [0, 0.05) is 17.8 Å². The van der Waals surface area contributed by atoms with E-state index in [4.69, 9.17) is 11.5 Å². The van der Waals surface area contributed by atoms with Crippen molar-refractivity contribution in [2.75, 3.05) is 24.5 Å². The van der Waals surface area contributed by atoms with Crippen molar-refractivity contribution in [3.8, 4) is 0 Å². The van der Waals surface area contributed by atoms with Crippen LogP contribution in [0.15, 0.2) is 58.5 Å². The zero-order chi connectivity index (χ0) is 31.9. The lowest BCUT2D eigenvalue weighted by molar-refractivity contribution is -0.230. The Kier molecular flexibility index (Phi) is 6.39. The average Bonchev–Trinajstić information content (AvgIpc) is 3.58. The molecule has 4 aliphatic heterocycles. The van der Waals surface area contributed by atoms with E-state index in [1.165, 1.54) is 9.80 Å². The van der Waals surface area contributed by atoms with Crippen molar-refractivity contribution in [2.45, 2.75) is 68.1 Å². The molecule has 5 aliphatic rings. The molecule has 4 atom stereocenters. The number of anilines is 1. The summed E-state index contributed by atoms with van der Waals surface area (Å²) in [6, 6.07) is 10.7. The molecule has 1 aliphatic carbocycles. The van der Waals surface area contributed by atoms with Crippen LogP contribution in [0.2, 0.25) is 0 Å². The number of rotatable bonds is 5. The summed E-state index contributed by atoms with van der Waals surface area (Å²) in [4.78, 5) is 53.0. The molecule has 0 unspecified atom stereocenters. The van der Waals surface area contributed by atoms with Gasteiger partial charge in [0.2, 0.25) is 5.79 Å². The fourth-order valence-corrected chi connectivity index (χ4v) is 7.73. The number of nitrogens with zero attached hydrogens (tertiary/aromatic N) is 5. The number of nitrogens with two attached hydrogens (primary N) is 2. The van der Waals surface area contributed by atoms with Crippen LogP contribution in [0, 0.1) is 0 Å². The molecule has 2 fully saturated rings. The van der Waals surface area contributed by atoms with E-state index in [9.17, 15) is 24.6 Å². The number of amides is 4. The number of benzene rings is 2. The van der Waals surface area contributed by atoms with Gasteiger partial charge in [-0.2, -0.15) is 0 Å². The molecule has 45 heavy (non-hydrogen) atoms. The van der Waals surface area contributed by atoms with Crippen LogP contribution in [-0.4, -0.2) is 99.0 Å². The summed E-state index contributed by atoms with van der Waals surface area (Å²) in [7, 11) is 0. The summed E-state index contributed by atoms with van der Waals surface area (Å²) in [5.41, 5.74) is 13.8. The lowest BCUT2D eigenvalue weighted by Gasteiger charge is -2.49. The second-order valence-corrected chi connectivity index (χ2v) is 13.0. The SMILES string of the molecule is CC1(C)CCCc2c(C(=O)N[C@H]3CN4C(N)=N[C@@H](CN5C(=O)CN(c6ccccc6)C5=O)[C@@H]5N=C(N)N[C@@]54C3(O)O)cccc21. The van der Waals surface area contributed by atoms with E-state index in [1.807, 2.05) is 18.2 Å². The molecule has 14 heteroatoms. The van der Waals surface area contributed by atoms with Crippen molar-refractivity contribution in [3.05, 3.63) is 65.2 Å². The minimum atomic E-state index is -2.65. The van der Waals surface area contributed by atoms with Gasteiger partial charge in [-0.25, -0.2) is 14.8 Å². The maximum absolute atomic E-state index is 13.8. The van der Waals surface area contributed by atoms with Crippen molar-refractivity contribution in [3.63, 3.8) is 0 Å². The number of aliphatic hydroxyl groups is 2. The van der Waals surface area contributed by atoms with Crippen molar-refractivity contribution in [1.82, 2.24) is 20.4 Å². The van der Waals surface area contributed by atoms with Gasteiger partial charge in [0.15, 0.2) is 17.6 Å². The zero-order valence-corrected chi connectivity index (χ0v) is 25.1. The van der Waals surface area contributed by atoms with E-state index >= 15 is 0 Å². The minimum absolute atomic E-state index is 0.0734. The Labute approximate surface area is 259 Å². The molecule has 2 aromatic rings. The first-order chi connectivity index (χ1) is 21.3. The molecule has 0 radical (unpaired) electrons. The normalized spacial score (nSPS) is 29.4. The third kappa shape index (κ3) is 4.19. The topological polar surface area (TPSA) is 202 Å². The van der Waals surface area contributed by atoms with E-state index in [2.05, 4.69) is 34.5 Å². The number of urea groups is 1. The molecule has 4 heterocycles. The molecule has 2 aromatic carbocycles. The Hall–Kier alpha value is -4.69. The summed E-state index contributed by atoms with van der Waals surface area (Å²) in [5, 5.41) is 29.5. The van der Waals surface area contributed by atoms with Crippen molar-refractivity contribution < 1.29 is 24.6 Å². The monoisotopic (exact) mass is 615 g/mol. The largest absolute Gasteiger partial charge is 0.370 e. The number of imide groups is 1. The fourth-order valence-electron chi connectivity index (χ4n) is 7.73. The number of para-hydroxylation sites is 1. The van der Waals surface area contributed by atoms with Crippen LogP contribution < -0.4 is 27.0 Å². The average molecular weight is 616 g/mol. The molecular formula is C31H37N9O5. The van der Waals surface area contributed by atoms with Gasteiger partial charge < -0.3 is 37.2 Å². The Morgan fingerprint density at radius 1 is 1.09 bits per heavy atom. The van der Waals surface area contributed by atoms with Gasteiger partial charge in [0.1, 0.15) is 18.6 Å². The first kappa shape index (κ1) is 29.0. The van der Waals surface area contributed by atoms with Crippen molar-refractivity contribution in [1.29, 1.82) is 0 Å². The highest BCUT2D eigenvalue weighted by Crippen LogP contribution is 2.45. The number of hydrogen-bond acceptors (Lipinski definition) is 11. The Morgan fingerprint density at radius 3 is 2.60 bits per heavy atom. The first-order valence-electron chi connectivity index (χ1n) is 15.1. The molecule has 0 bridgehead atoms. The van der Waals surface area contributed by atoms with Crippen LogP contribution in [0.4, 0.5) is 10.5 Å². The molecule has 2 saturated heterocycles. The van der Waals surface area contributed by atoms with E-state index in [0.717, 1.165) is 35.3 Å². The third-order valence-corrected chi connectivity index (χ3v) is 9.98. The third-order valence-electron chi connectivity index (χ3n) is 9.98. The molecule has 0 aromatic heterocycles.